The molecule has 7 aromatic carbocycles. The van der Waals surface area contributed by atoms with Gasteiger partial charge in [0.2, 0.25) is 0 Å². The van der Waals surface area contributed by atoms with Crippen LogP contribution in [-0.4, -0.2) is 0 Å². The molecule has 0 aromatic heterocycles. The van der Waals surface area contributed by atoms with Gasteiger partial charge in [0, 0.05) is 34.1 Å². The van der Waals surface area contributed by atoms with Crippen molar-refractivity contribution in [3.05, 3.63) is 169 Å². The summed E-state index contributed by atoms with van der Waals surface area (Å²) in [6, 6.07) is 59.6. The Labute approximate surface area is 364 Å². The van der Waals surface area contributed by atoms with Gasteiger partial charge in [-0.1, -0.05) is 119 Å². The minimum Gasteiger partial charge on any atom is -0.310 e. The molecule has 0 spiro atoms. The van der Waals surface area contributed by atoms with Crippen molar-refractivity contribution in [3.8, 4) is 0 Å². The molecule has 0 heterocycles. The quantitative estimate of drug-likeness (QED) is 0.127. The maximum atomic E-state index is 2.67. The van der Waals surface area contributed by atoms with Crippen LogP contribution in [-0.2, 0) is 10.8 Å². The summed E-state index contributed by atoms with van der Waals surface area (Å²) < 4.78 is 0. The molecule has 2 atom stereocenters. The van der Waals surface area contributed by atoms with E-state index in [9.17, 15) is 0 Å². The van der Waals surface area contributed by atoms with Gasteiger partial charge in [-0.15, -0.1) is 0 Å². The molecule has 61 heavy (non-hydrogen) atoms. The van der Waals surface area contributed by atoms with Gasteiger partial charge in [-0.25, -0.2) is 0 Å². The van der Waals surface area contributed by atoms with E-state index in [-0.39, 0.29) is 10.8 Å². The maximum absolute atomic E-state index is 2.67. The van der Waals surface area contributed by atoms with Crippen LogP contribution in [0.1, 0.15) is 103 Å². The molecule has 7 aromatic rings. The minimum absolute atomic E-state index is 0.0408. The number of fused-ring (bicyclic) bond motifs is 2. The van der Waals surface area contributed by atoms with E-state index >= 15 is 0 Å². The van der Waals surface area contributed by atoms with Gasteiger partial charge in [0.15, 0.2) is 0 Å². The van der Waals surface area contributed by atoms with Crippen molar-refractivity contribution in [1.29, 1.82) is 0 Å². The molecule has 0 aliphatic heterocycles. The first-order chi connectivity index (χ1) is 29.9. The van der Waals surface area contributed by atoms with E-state index in [0.717, 1.165) is 29.6 Å². The molecule has 2 heteroatoms. The fourth-order valence-corrected chi connectivity index (χ4v) is 14.1. The van der Waals surface area contributed by atoms with E-state index in [1.807, 2.05) is 0 Å². The average Bonchev–Trinajstić information content (AvgIpc) is 3.29. The third-order valence-corrected chi connectivity index (χ3v) is 16.1. The Morgan fingerprint density at radius 2 is 0.754 bits per heavy atom. The van der Waals surface area contributed by atoms with Crippen LogP contribution in [0.25, 0.3) is 21.5 Å². The fraction of sp³-hybridized carbons (Fsp3) is 0.356. The van der Waals surface area contributed by atoms with Crippen LogP contribution >= 0.6 is 0 Å². The number of rotatable bonds is 10. The van der Waals surface area contributed by atoms with Crippen LogP contribution < -0.4 is 9.80 Å². The molecule has 5 aliphatic rings. The summed E-state index contributed by atoms with van der Waals surface area (Å²) in [7, 11) is 0. The molecule has 0 N–H and O–H groups in total. The number of hydrogen-bond donors (Lipinski definition) is 0. The van der Waals surface area contributed by atoms with E-state index in [2.05, 4.69) is 188 Å². The van der Waals surface area contributed by atoms with E-state index in [1.165, 1.54) is 126 Å². The SMILES string of the molecule is CCC1CC(CC)CC(C)(c2c3cc(N(c4ccccc4)c4ccccc4)ccc3c(C34CC5CC(CC(C5)C3)C4)c3cc(N(c4ccccc4)c4ccccc4)ccc23)C1. The molecule has 308 valence electrons. The topological polar surface area (TPSA) is 6.48 Å². The first-order valence-corrected chi connectivity index (χ1v) is 23.8. The molecule has 0 radical (unpaired) electrons. The summed E-state index contributed by atoms with van der Waals surface area (Å²) in [6.45, 7) is 7.56. The Morgan fingerprint density at radius 3 is 1.13 bits per heavy atom. The van der Waals surface area contributed by atoms with Crippen molar-refractivity contribution >= 4 is 55.7 Å². The van der Waals surface area contributed by atoms with Gasteiger partial charge in [0.05, 0.1) is 0 Å². The molecular formula is C59H62N2. The summed E-state index contributed by atoms with van der Waals surface area (Å²) in [5, 5.41) is 6.03. The molecule has 0 saturated heterocycles. The Kier molecular flexibility index (Phi) is 9.82. The summed E-state index contributed by atoms with van der Waals surface area (Å²) in [5.41, 5.74) is 10.8. The van der Waals surface area contributed by atoms with Crippen LogP contribution in [0.2, 0.25) is 0 Å². The van der Waals surface area contributed by atoms with E-state index < -0.39 is 0 Å². The second-order valence-electron chi connectivity index (χ2n) is 20.2. The zero-order valence-corrected chi connectivity index (χ0v) is 36.6. The van der Waals surface area contributed by atoms with Crippen LogP contribution in [0, 0.1) is 29.6 Å². The van der Waals surface area contributed by atoms with E-state index in [4.69, 9.17) is 0 Å². The van der Waals surface area contributed by atoms with Gasteiger partial charge in [0.1, 0.15) is 0 Å². The molecule has 2 nitrogen and oxygen atoms in total. The van der Waals surface area contributed by atoms with Gasteiger partial charge in [-0.3, -0.25) is 0 Å². The molecule has 5 saturated carbocycles. The third kappa shape index (κ3) is 6.77. The fourth-order valence-electron chi connectivity index (χ4n) is 14.1. The number of anilines is 6. The van der Waals surface area contributed by atoms with Crippen molar-refractivity contribution in [2.75, 3.05) is 9.80 Å². The number of benzene rings is 7. The summed E-state index contributed by atoms with van der Waals surface area (Å²) >= 11 is 0. The van der Waals surface area contributed by atoms with Gasteiger partial charge >= 0.3 is 0 Å². The van der Waals surface area contributed by atoms with Crippen LogP contribution in [0.15, 0.2) is 158 Å². The van der Waals surface area contributed by atoms with Crippen molar-refractivity contribution in [2.24, 2.45) is 29.6 Å². The predicted molar refractivity (Wildman–Crippen MR) is 259 cm³/mol. The second-order valence-corrected chi connectivity index (χ2v) is 20.2. The van der Waals surface area contributed by atoms with Gasteiger partial charge < -0.3 is 9.80 Å². The largest absolute Gasteiger partial charge is 0.310 e. The highest BCUT2D eigenvalue weighted by atomic mass is 15.1. The molecule has 12 rings (SSSR count). The van der Waals surface area contributed by atoms with Crippen molar-refractivity contribution in [3.63, 3.8) is 0 Å². The standard InChI is InChI=1S/C59H62N2/c1-4-41-30-42(5-2)37-58(3,36-41)56-52-28-26-51(61(48-22-14-8-15-23-48)49-24-16-9-17-25-49)35-55(52)57(59-38-43-31-44(39-59)33-45(32-43)40-59)53-29-27-50(34-54(53)56)60(46-18-10-6-11-19-46)47-20-12-7-13-21-47/h6-29,34-35,41-45H,4-5,30-33,36-40H2,1-3H3. The summed E-state index contributed by atoms with van der Waals surface area (Å²) in [6.07, 6.45) is 14.7. The third-order valence-electron chi connectivity index (χ3n) is 16.1. The first-order valence-electron chi connectivity index (χ1n) is 23.8. The minimum atomic E-state index is 0.0408. The lowest BCUT2D eigenvalue weighted by Gasteiger charge is -2.57. The lowest BCUT2D eigenvalue weighted by Crippen LogP contribution is -2.48. The molecule has 4 bridgehead atoms. The Balaban J connectivity index is 1.24. The average molecular weight is 799 g/mol. The highest BCUT2D eigenvalue weighted by Crippen LogP contribution is 2.64. The zero-order chi connectivity index (χ0) is 41.1. The number of para-hydroxylation sites is 4. The normalized spacial score (nSPS) is 26.8. The van der Waals surface area contributed by atoms with Crippen molar-refractivity contribution in [2.45, 2.75) is 102 Å². The lowest BCUT2D eigenvalue weighted by molar-refractivity contribution is -0.00383. The van der Waals surface area contributed by atoms with Crippen LogP contribution in [0.4, 0.5) is 34.1 Å². The van der Waals surface area contributed by atoms with Crippen molar-refractivity contribution < 1.29 is 0 Å². The highest BCUT2D eigenvalue weighted by molar-refractivity contribution is 6.10. The van der Waals surface area contributed by atoms with Gasteiger partial charge in [0.25, 0.3) is 0 Å². The van der Waals surface area contributed by atoms with Crippen molar-refractivity contribution in [1.82, 2.24) is 0 Å². The monoisotopic (exact) mass is 798 g/mol. The molecule has 5 aliphatic carbocycles. The first kappa shape index (κ1) is 38.6. The molecule has 0 amide bonds. The Bertz CT molecular complexity index is 2520. The van der Waals surface area contributed by atoms with Gasteiger partial charge in [-0.2, -0.15) is 0 Å². The number of hydrogen-bond acceptors (Lipinski definition) is 2. The van der Waals surface area contributed by atoms with E-state index in [1.54, 1.807) is 11.1 Å². The highest BCUT2D eigenvalue weighted by Gasteiger charge is 2.53. The van der Waals surface area contributed by atoms with E-state index in [0.29, 0.717) is 0 Å². The van der Waals surface area contributed by atoms with Crippen LogP contribution in [0.3, 0.4) is 0 Å². The Morgan fingerprint density at radius 1 is 0.393 bits per heavy atom. The van der Waals surface area contributed by atoms with Gasteiger partial charge in [-0.05, 0) is 204 Å². The smallest absolute Gasteiger partial charge is 0.0468 e. The molecule has 5 fully saturated rings. The summed E-state index contributed by atoms with van der Waals surface area (Å²) in [5.74, 6) is 4.01. The zero-order valence-electron chi connectivity index (χ0n) is 36.6. The summed E-state index contributed by atoms with van der Waals surface area (Å²) in [4.78, 5) is 4.99. The molecule has 2 unspecified atom stereocenters. The second kappa shape index (κ2) is 15.5. The predicted octanol–water partition coefficient (Wildman–Crippen LogP) is 16.9. The lowest BCUT2D eigenvalue weighted by atomic mass is 9.47. The molecular weight excluding hydrogens is 737 g/mol. The van der Waals surface area contributed by atoms with Crippen LogP contribution in [0.5, 0.6) is 0 Å². The number of nitrogens with zero attached hydrogens (tertiary/aromatic N) is 2. The Hall–Kier alpha value is -5.34. The maximum Gasteiger partial charge on any atom is 0.0468 e.